The van der Waals surface area contributed by atoms with E-state index in [0.29, 0.717) is 6.42 Å². The Morgan fingerprint density at radius 2 is 2.08 bits per heavy atom. The highest BCUT2D eigenvalue weighted by molar-refractivity contribution is 5.33. The Labute approximate surface area is 79.2 Å². The summed E-state index contributed by atoms with van der Waals surface area (Å²) in [6.45, 7) is 1.97. The number of para-hydroxylation sites is 1. The average Bonchev–Trinajstić information content (AvgIpc) is 2.18. The zero-order valence-corrected chi connectivity index (χ0v) is 8.16. The van der Waals surface area contributed by atoms with E-state index in [1.165, 1.54) is 0 Å². The second-order valence-electron chi connectivity index (χ2n) is 3.08. The number of aliphatic hydroxyl groups excluding tert-OH is 1. The largest absolute Gasteiger partial charge is 0.496 e. The number of aliphatic hydroxyl groups is 1. The van der Waals surface area contributed by atoms with Crippen LogP contribution in [0.2, 0.25) is 0 Å². The third-order valence-corrected chi connectivity index (χ3v) is 2.12. The Kier molecular flexibility index (Phi) is 3.77. The van der Waals surface area contributed by atoms with E-state index in [0.717, 1.165) is 17.7 Å². The smallest absolute Gasteiger partial charge is 0.122 e. The molecule has 0 aliphatic heterocycles. The zero-order chi connectivity index (χ0) is 9.68. The summed E-state index contributed by atoms with van der Waals surface area (Å²) in [6.07, 6.45) is 1.18. The standard InChI is InChI=1S/C11H16O2/c1-3-10(12)8-9-6-4-5-7-11(9)13-2/h4-7,10,12H,3,8H2,1-2H3. The van der Waals surface area contributed by atoms with Gasteiger partial charge < -0.3 is 9.84 Å². The highest BCUT2D eigenvalue weighted by atomic mass is 16.5. The number of hydrogen-bond donors (Lipinski definition) is 1. The number of ether oxygens (including phenoxy) is 1. The molecule has 0 fully saturated rings. The molecule has 13 heavy (non-hydrogen) atoms. The molecule has 1 N–H and O–H groups in total. The van der Waals surface area contributed by atoms with Gasteiger partial charge in [0.15, 0.2) is 0 Å². The lowest BCUT2D eigenvalue weighted by molar-refractivity contribution is 0.169. The first-order valence-corrected chi connectivity index (χ1v) is 4.58. The summed E-state index contributed by atoms with van der Waals surface area (Å²) in [5.41, 5.74) is 1.07. The van der Waals surface area contributed by atoms with Gasteiger partial charge in [0, 0.05) is 6.42 Å². The lowest BCUT2D eigenvalue weighted by Crippen LogP contribution is -2.09. The van der Waals surface area contributed by atoms with Crippen LogP contribution in [-0.4, -0.2) is 18.3 Å². The molecule has 0 heterocycles. The summed E-state index contributed by atoms with van der Waals surface area (Å²) >= 11 is 0. The molecule has 0 amide bonds. The molecule has 2 nitrogen and oxygen atoms in total. The van der Waals surface area contributed by atoms with Crippen LogP contribution >= 0.6 is 0 Å². The molecule has 0 radical (unpaired) electrons. The van der Waals surface area contributed by atoms with Gasteiger partial charge in [-0.2, -0.15) is 0 Å². The van der Waals surface area contributed by atoms with E-state index in [9.17, 15) is 5.11 Å². The van der Waals surface area contributed by atoms with E-state index in [1.807, 2.05) is 31.2 Å². The van der Waals surface area contributed by atoms with Crippen LogP contribution in [0, 0.1) is 0 Å². The van der Waals surface area contributed by atoms with E-state index in [-0.39, 0.29) is 6.10 Å². The van der Waals surface area contributed by atoms with Crippen molar-refractivity contribution in [1.82, 2.24) is 0 Å². The van der Waals surface area contributed by atoms with Crippen molar-refractivity contribution in [2.24, 2.45) is 0 Å². The van der Waals surface area contributed by atoms with Crippen LogP contribution in [0.4, 0.5) is 0 Å². The molecule has 1 atom stereocenters. The van der Waals surface area contributed by atoms with E-state index >= 15 is 0 Å². The van der Waals surface area contributed by atoms with E-state index in [4.69, 9.17) is 4.74 Å². The van der Waals surface area contributed by atoms with Crippen molar-refractivity contribution in [2.45, 2.75) is 25.9 Å². The van der Waals surface area contributed by atoms with Crippen molar-refractivity contribution in [2.75, 3.05) is 7.11 Å². The summed E-state index contributed by atoms with van der Waals surface area (Å²) in [4.78, 5) is 0. The quantitative estimate of drug-likeness (QED) is 0.768. The molecule has 0 aromatic heterocycles. The fraction of sp³-hybridized carbons (Fsp3) is 0.455. The molecule has 0 saturated heterocycles. The summed E-state index contributed by atoms with van der Waals surface area (Å²) < 4.78 is 5.18. The molecule has 0 aliphatic rings. The maximum atomic E-state index is 9.48. The van der Waals surface area contributed by atoms with Gasteiger partial charge in [0.1, 0.15) is 5.75 Å². The molecule has 0 spiro atoms. The van der Waals surface area contributed by atoms with Gasteiger partial charge in [-0.25, -0.2) is 0 Å². The van der Waals surface area contributed by atoms with Gasteiger partial charge in [0.25, 0.3) is 0 Å². The molecule has 2 heteroatoms. The van der Waals surface area contributed by atoms with E-state index in [1.54, 1.807) is 7.11 Å². The van der Waals surface area contributed by atoms with Crippen molar-refractivity contribution < 1.29 is 9.84 Å². The van der Waals surface area contributed by atoms with Crippen molar-refractivity contribution in [3.63, 3.8) is 0 Å². The highest BCUT2D eigenvalue weighted by Gasteiger charge is 2.06. The molecule has 0 saturated carbocycles. The molecule has 1 aromatic carbocycles. The molecule has 72 valence electrons. The molecular weight excluding hydrogens is 164 g/mol. The van der Waals surface area contributed by atoms with Gasteiger partial charge in [-0.3, -0.25) is 0 Å². The van der Waals surface area contributed by atoms with Crippen LogP contribution < -0.4 is 4.74 Å². The van der Waals surface area contributed by atoms with Gasteiger partial charge in [-0.15, -0.1) is 0 Å². The number of methoxy groups -OCH3 is 1. The first-order chi connectivity index (χ1) is 6.27. The Bertz CT molecular complexity index is 258. The van der Waals surface area contributed by atoms with Crippen LogP contribution in [0.5, 0.6) is 5.75 Å². The van der Waals surface area contributed by atoms with Gasteiger partial charge in [-0.1, -0.05) is 25.1 Å². The number of benzene rings is 1. The predicted molar refractivity (Wildman–Crippen MR) is 53.0 cm³/mol. The van der Waals surface area contributed by atoms with Crippen LogP contribution in [-0.2, 0) is 6.42 Å². The minimum Gasteiger partial charge on any atom is -0.496 e. The molecule has 1 aromatic rings. The van der Waals surface area contributed by atoms with E-state index in [2.05, 4.69) is 0 Å². The van der Waals surface area contributed by atoms with Crippen molar-refractivity contribution in [1.29, 1.82) is 0 Å². The second kappa shape index (κ2) is 4.87. The fourth-order valence-corrected chi connectivity index (χ4v) is 1.27. The summed E-state index contributed by atoms with van der Waals surface area (Å²) in [5.74, 6) is 0.856. The average molecular weight is 180 g/mol. The molecule has 1 unspecified atom stereocenters. The minimum absolute atomic E-state index is 0.267. The van der Waals surface area contributed by atoms with Crippen LogP contribution in [0.25, 0.3) is 0 Å². The summed E-state index contributed by atoms with van der Waals surface area (Å²) in [6, 6.07) is 7.79. The SMILES string of the molecule is CCC(O)Cc1ccccc1OC. The zero-order valence-electron chi connectivity index (χ0n) is 8.16. The normalized spacial score (nSPS) is 12.5. The third-order valence-electron chi connectivity index (χ3n) is 2.12. The Balaban J connectivity index is 2.74. The monoisotopic (exact) mass is 180 g/mol. The summed E-state index contributed by atoms with van der Waals surface area (Å²) in [7, 11) is 1.65. The number of rotatable bonds is 4. The van der Waals surface area contributed by atoms with Crippen LogP contribution in [0.1, 0.15) is 18.9 Å². The molecule has 1 rings (SSSR count). The maximum absolute atomic E-state index is 9.48. The van der Waals surface area contributed by atoms with Gasteiger partial charge in [0.05, 0.1) is 13.2 Å². The first kappa shape index (κ1) is 10.1. The molecule has 0 aliphatic carbocycles. The second-order valence-corrected chi connectivity index (χ2v) is 3.08. The molecule has 0 bridgehead atoms. The summed E-state index contributed by atoms with van der Waals surface area (Å²) in [5, 5.41) is 9.48. The molecular formula is C11H16O2. The topological polar surface area (TPSA) is 29.5 Å². The van der Waals surface area contributed by atoms with Gasteiger partial charge in [-0.05, 0) is 18.1 Å². The lowest BCUT2D eigenvalue weighted by atomic mass is 10.1. The minimum atomic E-state index is -0.267. The Hall–Kier alpha value is -1.02. The van der Waals surface area contributed by atoms with Gasteiger partial charge >= 0.3 is 0 Å². The first-order valence-electron chi connectivity index (χ1n) is 4.58. The van der Waals surface area contributed by atoms with Crippen molar-refractivity contribution in [3.05, 3.63) is 29.8 Å². The van der Waals surface area contributed by atoms with Crippen molar-refractivity contribution in [3.8, 4) is 5.75 Å². The van der Waals surface area contributed by atoms with Crippen LogP contribution in [0.15, 0.2) is 24.3 Å². The van der Waals surface area contributed by atoms with Gasteiger partial charge in [0.2, 0.25) is 0 Å². The van der Waals surface area contributed by atoms with E-state index < -0.39 is 0 Å². The van der Waals surface area contributed by atoms with Crippen LogP contribution in [0.3, 0.4) is 0 Å². The Morgan fingerprint density at radius 3 is 2.69 bits per heavy atom. The predicted octanol–water partition coefficient (Wildman–Crippen LogP) is 2.01. The Morgan fingerprint density at radius 1 is 1.38 bits per heavy atom. The fourth-order valence-electron chi connectivity index (χ4n) is 1.27. The van der Waals surface area contributed by atoms with Crippen molar-refractivity contribution >= 4 is 0 Å². The number of hydrogen-bond acceptors (Lipinski definition) is 2. The lowest BCUT2D eigenvalue weighted by Gasteiger charge is -2.11. The maximum Gasteiger partial charge on any atom is 0.122 e. The third kappa shape index (κ3) is 2.74. The highest BCUT2D eigenvalue weighted by Crippen LogP contribution is 2.19.